The molecule has 0 radical (unpaired) electrons. The summed E-state index contributed by atoms with van der Waals surface area (Å²) in [6.07, 6.45) is 0. The molecule has 0 unspecified atom stereocenters. The third-order valence-electron chi connectivity index (χ3n) is 4.84. The van der Waals surface area contributed by atoms with Crippen LogP contribution in [0.3, 0.4) is 0 Å². The van der Waals surface area contributed by atoms with Crippen LogP contribution in [-0.4, -0.2) is 25.3 Å². The van der Waals surface area contributed by atoms with Gasteiger partial charge in [-0.3, -0.25) is 0 Å². The minimum absolute atomic E-state index is 0.526. The molecule has 4 rings (SSSR count). The van der Waals surface area contributed by atoms with Crippen molar-refractivity contribution in [2.75, 3.05) is 0 Å². The molecule has 0 saturated heterocycles. The van der Waals surface area contributed by atoms with Gasteiger partial charge in [0.15, 0.2) is 11.5 Å². The molecular weight excluding hydrogens is 585 g/mol. The molecule has 0 fully saturated rings. The minimum atomic E-state index is -4.84. The van der Waals surface area contributed by atoms with Gasteiger partial charge in [-0.15, -0.1) is 0 Å². The topological polar surface area (TPSA) is 130 Å². The smallest absolute Gasteiger partial charge is 0.339 e. The quantitative estimate of drug-likeness (QED) is 0.257. The number of hydrogen-bond acceptors (Lipinski definition) is 9. The Hall–Kier alpha value is -4.08. The third kappa shape index (κ3) is 6.50. The Morgan fingerprint density at radius 3 is 1.00 bits per heavy atom. The highest BCUT2D eigenvalue weighted by molar-refractivity contribution is 7.87. The maximum absolute atomic E-state index is 13.3. The number of halogens is 3. The molecule has 0 aromatic heterocycles. The first-order chi connectivity index (χ1) is 18.3. The maximum atomic E-state index is 13.3. The van der Waals surface area contributed by atoms with E-state index in [-0.39, 0.29) is 0 Å². The molecule has 4 aromatic rings. The fourth-order valence-corrected chi connectivity index (χ4v) is 5.82. The Kier molecular flexibility index (Phi) is 7.59. The second kappa shape index (κ2) is 10.6. The summed E-state index contributed by atoms with van der Waals surface area (Å²) in [5.41, 5.74) is 0. The van der Waals surface area contributed by atoms with Crippen LogP contribution in [0.1, 0.15) is 0 Å². The molecule has 0 spiro atoms. The lowest BCUT2D eigenvalue weighted by molar-refractivity contribution is 0.428. The average Bonchev–Trinajstić information content (AvgIpc) is 2.86. The van der Waals surface area contributed by atoms with Gasteiger partial charge in [0.1, 0.15) is 32.1 Å². The summed E-state index contributed by atoms with van der Waals surface area (Å²) in [6, 6.07) is 13.1. The van der Waals surface area contributed by atoms with Gasteiger partial charge in [-0.25, -0.2) is 13.2 Å². The summed E-state index contributed by atoms with van der Waals surface area (Å²) in [6.45, 7) is 0. The van der Waals surface area contributed by atoms with Crippen molar-refractivity contribution < 1.29 is 51.0 Å². The van der Waals surface area contributed by atoms with E-state index in [1.807, 2.05) is 0 Å². The lowest BCUT2D eigenvalue weighted by Gasteiger charge is -2.16. The Labute approximate surface area is 221 Å². The summed E-state index contributed by atoms with van der Waals surface area (Å²) >= 11 is 0. The van der Waals surface area contributed by atoms with Gasteiger partial charge in [0.2, 0.25) is 5.75 Å². The number of para-hydroxylation sites is 1. The van der Waals surface area contributed by atoms with Gasteiger partial charge in [-0.05, 0) is 84.9 Å². The van der Waals surface area contributed by atoms with Crippen molar-refractivity contribution >= 4 is 30.4 Å². The molecule has 0 bridgehead atoms. The van der Waals surface area contributed by atoms with Gasteiger partial charge in [0, 0.05) is 0 Å². The van der Waals surface area contributed by atoms with Crippen LogP contribution in [0.25, 0.3) is 0 Å². The second-order valence-corrected chi connectivity index (χ2v) is 12.2. The van der Waals surface area contributed by atoms with E-state index in [1.54, 1.807) is 0 Å². The molecule has 9 nitrogen and oxygen atoms in total. The minimum Gasteiger partial charge on any atom is -0.375 e. The SMILES string of the molecule is O=S(=O)(Oc1cccc(OS(=O)(=O)c2ccc(F)cc2)c1OS(=O)(=O)c1ccc(F)cc1)c1ccc(F)cc1. The molecule has 4 aromatic carbocycles. The lowest BCUT2D eigenvalue weighted by Crippen LogP contribution is -2.16. The van der Waals surface area contributed by atoms with Crippen molar-refractivity contribution in [2.24, 2.45) is 0 Å². The maximum Gasteiger partial charge on any atom is 0.339 e. The highest BCUT2D eigenvalue weighted by atomic mass is 32.2. The van der Waals surface area contributed by atoms with Crippen LogP contribution in [0.5, 0.6) is 17.2 Å². The molecule has 39 heavy (non-hydrogen) atoms. The van der Waals surface area contributed by atoms with Crippen LogP contribution < -0.4 is 12.5 Å². The Bertz CT molecular complexity index is 1730. The van der Waals surface area contributed by atoms with Crippen molar-refractivity contribution in [3.05, 3.63) is 108 Å². The highest BCUT2D eigenvalue weighted by Gasteiger charge is 2.29. The van der Waals surface area contributed by atoms with Crippen LogP contribution >= 0.6 is 0 Å². The summed E-state index contributed by atoms with van der Waals surface area (Å²) < 4.78 is 132. The molecule has 0 amide bonds. The molecule has 204 valence electrons. The zero-order valence-corrected chi connectivity index (χ0v) is 21.6. The average molecular weight is 601 g/mol. The van der Waals surface area contributed by atoms with Gasteiger partial charge in [0.25, 0.3) is 0 Å². The molecule has 0 aliphatic carbocycles. The third-order valence-corrected chi connectivity index (χ3v) is 8.57. The first kappa shape index (κ1) is 27.9. The zero-order chi connectivity index (χ0) is 28.4. The Balaban J connectivity index is 1.81. The molecule has 0 aliphatic rings. The van der Waals surface area contributed by atoms with Crippen molar-refractivity contribution in [1.82, 2.24) is 0 Å². The number of rotatable bonds is 9. The van der Waals surface area contributed by atoms with Gasteiger partial charge in [-0.1, -0.05) is 6.07 Å². The first-order valence-electron chi connectivity index (χ1n) is 10.5. The van der Waals surface area contributed by atoms with E-state index in [1.165, 1.54) is 0 Å². The Morgan fingerprint density at radius 1 is 0.410 bits per heavy atom. The van der Waals surface area contributed by atoms with Crippen molar-refractivity contribution in [1.29, 1.82) is 0 Å². The van der Waals surface area contributed by atoms with Crippen LogP contribution in [0.15, 0.2) is 106 Å². The summed E-state index contributed by atoms with van der Waals surface area (Å²) in [4.78, 5) is -1.63. The summed E-state index contributed by atoms with van der Waals surface area (Å²) in [7, 11) is -14.3. The second-order valence-electron chi connectivity index (χ2n) is 7.56. The summed E-state index contributed by atoms with van der Waals surface area (Å²) in [5, 5.41) is 0. The molecule has 0 atom stereocenters. The zero-order valence-electron chi connectivity index (χ0n) is 19.2. The normalized spacial score (nSPS) is 12.1. The molecule has 0 N–H and O–H groups in total. The van der Waals surface area contributed by atoms with E-state index in [9.17, 15) is 38.4 Å². The molecular formula is C24H15F3O9S3. The number of benzene rings is 4. The fourth-order valence-electron chi connectivity index (χ4n) is 3.00. The van der Waals surface area contributed by atoms with E-state index < -0.39 is 79.7 Å². The van der Waals surface area contributed by atoms with E-state index in [2.05, 4.69) is 0 Å². The summed E-state index contributed by atoms with van der Waals surface area (Å²) in [5.74, 6) is -4.90. The van der Waals surface area contributed by atoms with Crippen LogP contribution in [0.4, 0.5) is 13.2 Å². The Morgan fingerprint density at radius 2 is 0.692 bits per heavy atom. The van der Waals surface area contributed by atoms with Crippen molar-refractivity contribution in [3.8, 4) is 17.2 Å². The largest absolute Gasteiger partial charge is 0.375 e. The van der Waals surface area contributed by atoms with Gasteiger partial charge in [-0.2, -0.15) is 25.3 Å². The first-order valence-corrected chi connectivity index (χ1v) is 14.7. The van der Waals surface area contributed by atoms with Crippen LogP contribution in [0.2, 0.25) is 0 Å². The van der Waals surface area contributed by atoms with E-state index >= 15 is 0 Å². The van der Waals surface area contributed by atoms with Gasteiger partial charge >= 0.3 is 30.4 Å². The fraction of sp³-hybridized carbons (Fsp3) is 0. The van der Waals surface area contributed by atoms with Gasteiger partial charge < -0.3 is 12.5 Å². The van der Waals surface area contributed by atoms with Crippen molar-refractivity contribution in [2.45, 2.75) is 14.7 Å². The monoisotopic (exact) mass is 600 g/mol. The van der Waals surface area contributed by atoms with Crippen LogP contribution in [-0.2, 0) is 30.4 Å². The molecule has 0 heterocycles. The van der Waals surface area contributed by atoms with Crippen LogP contribution in [0, 0.1) is 17.5 Å². The molecule has 15 heteroatoms. The predicted octanol–water partition coefficient (Wildman–Crippen LogP) is 4.41. The van der Waals surface area contributed by atoms with E-state index in [0.29, 0.717) is 0 Å². The molecule has 0 saturated carbocycles. The standard InChI is InChI=1S/C24H15F3O9S3/c25-16-4-10-19(11-5-16)37(28,29)34-22-2-1-3-23(35-38(30,31)20-12-6-17(26)7-13-20)24(22)36-39(32,33)21-14-8-18(27)9-15-21/h1-15H. The predicted molar refractivity (Wildman–Crippen MR) is 129 cm³/mol. The van der Waals surface area contributed by atoms with E-state index in [0.717, 1.165) is 91.0 Å². The number of hydrogen-bond donors (Lipinski definition) is 0. The van der Waals surface area contributed by atoms with Gasteiger partial charge in [0.05, 0.1) is 0 Å². The lowest BCUT2D eigenvalue weighted by atomic mass is 10.3. The molecule has 0 aliphatic heterocycles. The van der Waals surface area contributed by atoms with E-state index in [4.69, 9.17) is 12.5 Å². The van der Waals surface area contributed by atoms with Crippen molar-refractivity contribution in [3.63, 3.8) is 0 Å². The highest BCUT2D eigenvalue weighted by Crippen LogP contribution is 2.41.